The molecule has 2 aromatic rings. The van der Waals surface area contributed by atoms with Crippen molar-refractivity contribution in [1.82, 2.24) is 9.97 Å². The maximum Gasteiger partial charge on any atom is 0.225 e. The van der Waals surface area contributed by atoms with Gasteiger partial charge in [0.05, 0.1) is 24.1 Å². The molecule has 0 amide bonds. The molecule has 3 heterocycles. The monoisotopic (exact) mass is 342 g/mol. The zero-order chi connectivity index (χ0) is 17.2. The van der Waals surface area contributed by atoms with Crippen molar-refractivity contribution < 1.29 is 9.47 Å². The van der Waals surface area contributed by atoms with Crippen LogP contribution >= 0.6 is 0 Å². The van der Waals surface area contributed by atoms with E-state index in [4.69, 9.17) is 20.2 Å². The fourth-order valence-corrected chi connectivity index (χ4v) is 3.59. The first-order valence-electron chi connectivity index (χ1n) is 9.21. The van der Waals surface area contributed by atoms with Gasteiger partial charge in [0.1, 0.15) is 11.9 Å². The molecule has 0 unspecified atom stereocenters. The van der Waals surface area contributed by atoms with Gasteiger partial charge in [-0.05, 0) is 44.2 Å². The highest BCUT2D eigenvalue weighted by Gasteiger charge is 2.23. The van der Waals surface area contributed by atoms with Crippen LogP contribution in [0.25, 0.3) is 10.9 Å². The molecule has 0 bridgehead atoms. The number of rotatable bonds is 3. The first-order chi connectivity index (χ1) is 12.2. The summed E-state index contributed by atoms with van der Waals surface area (Å²) in [6.45, 7) is 5.21. The number of hydrogen-bond acceptors (Lipinski definition) is 6. The predicted molar refractivity (Wildman–Crippen MR) is 98.2 cm³/mol. The van der Waals surface area contributed by atoms with E-state index in [2.05, 4.69) is 22.0 Å². The van der Waals surface area contributed by atoms with Gasteiger partial charge in [0.15, 0.2) is 0 Å². The molecule has 6 heteroatoms. The lowest BCUT2D eigenvalue weighted by Crippen LogP contribution is -2.37. The average molecular weight is 342 g/mol. The summed E-state index contributed by atoms with van der Waals surface area (Å²) < 4.78 is 11.8. The van der Waals surface area contributed by atoms with Gasteiger partial charge in [-0.1, -0.05) is 0 Å². The van der Waals surface area contributed by atoms with Crippen LogP contribution in [0.5, 0.6) is 5.88 Å². The Hall–Kier alpha value is -1.92. The van der Waals surface area contributed by atoms with Gasteiger partial charge in [-0.25, -0.2) is 0 Å². The van der Waals surface area contributed by atoms with Crippen LogP contribution in [0.15, 0.2) is 18.3 Å². The largest absolute Gasteiger partial charge is 0.474 e. The number of aryl methyl sites for hydroxylation is 1. The predicted octanol–water partition coefficient (Wildman–Crippen LogP) is 2.42. The molecule has 2 fully saturated rings. The van der Waals surface area contributed by atoms with Gasteiger partial charge in [-0.15, -0.1) is 0 Å². The highest BCUT2D eigenvalue weighted by Crippen LogP contribution is 2.31. The van der Waals surface area contributed by atoms with E-state index in [1.165, 1.54) is 0 Å². The number of anilines is 1. The van der Waals surface area contributed by atoms with E-state index in [0.717, 1.165) is 74.3 Å². The van der Waals surface area contributed by atoms with Crippen LogP contribution in [0, 0.1) is 6.92 Å². The summed E-state index contributed by atoms with van der Waals surface area (Å²) in [7, 11) is 0. The maximum absolute atomic E-state index is 6.34. The molecule has 2 aromatic heterocycles. The molecule has 25 heavy (non-hydrogen) atoms. The van der Waals surface area contributed by atoms with Crippen molar-refractivity contribution in [3.8, 4) is 5.88 Å². The van der Waals surface area contributed by atoms with E-state index in [1.807, 2.05) is 13.1 Å². The van der Waals surface area contributed by atoms with Gasteiger partial charge in [-0.2, -0.15) is 4.98 Å². The second kappa shape index (κ2) is 7.14. The fourth-order valence-electron chi connectivity index (χ4n) is 3.59. The van der Waals surface area contributed by atoms with Crippen LogP contribution in [-0.2, 0) is 4.74 Å². The van der Waals surface area contributed by atoms with Crippen molar-refractivity contribution in [2.45, 2.75) is 44.8 Å². The molecular formula is C19H26N4O2. The minimum Gasteiger partial charge on any atom is -0.474 e. The summed E-state index contributed by atoms with van der Waals surface area (Å²) in [5.41, 5.74) is 8.07. The number of nitrogens with zero attached hydrogens (tertiary/aromatic N) is 3. The van der Waals surface area contributed by atoms with Gasteiger partial charge in [0.2, 0.25) is 5.88 Å². The molecular weight excluding hydrogens is 316 g/mol. The summed E-state index contributed by atoms with van der Waals surface area (Å²) >= 11 is 0. The van der Waals surface area contributed by atoms with Gasteiger partial charge in [0, 0.05) is 31.4 Å². The van der Waals surface area contributed by atoms with Crippen LogP contribution in [0.4, 0.5) is 5.82 Å². The third-order valence-electron chi connectivity index (χ3n) is 5.10. The van der Waals surface area contributed by atoms with E-state index in [9.17, 15) is 0 Å². The smallest absolute Gasteiger partial charge is 0.225 e. The number of nitrogens with two attached hydrogens (primary N) is 1. The van der Waals surface area contributed by atoms with E-state index in [1.54, 1.807) is 0 Å². The molecule has 1 saturated carbocycles. The number of aromatic nitrogens is 2. The molecule has 1 aliphatic carbocycles. The first-order valence-corrected chi connectivity index (χ1v) is 9.21. The highest BCUT2D eigenvalue weighted by molar-refractivity contribution is 5.86. The second-order valence-corrected chi connectivity index (χ2v) is 7.12. The summed E-state index contributed by atoms with van der Waals surface area (Å²) in [5.74, 6) is 1.63. The van der Waals surface area contributed by atoms with Gasteiger partial charge >= 0.3 is 0 Å². The summed E-state index contributed by atoms with van der Waals surface area (Å²) in [5, 5.41) is 0.992. The van der Waals surface area contributed by atoms with E-state index in [0.29, 0.717) is 11.9 Å². The molecule has 2 aliphatic rings. The number of ether oxygens (including phenoxy) is 2. The molecule has 2 N–H and O–H groups in total. The molecule has 6 nitrogen and oxygen atoms in total. The molecule has 0 spiro atoms. The first kappa shape index (κ1) is 16.5. The molecule has 0 atom stereocenters. The Labute approximate surface area is 148 Å². The standard InChI is InChI=1S/C19H26N4O2/c1-13-10-16-17(21-12-13)11-18(23-6-8-24-9-7-23)22-19(16)25-15-4-2-14(20)3-5-15/h10-12,14-15H,2-9,20H2,1H3/t14-,15+. The lowest BCUT2D eigenvalue weighted by Gasteiger charge is -2.30. The molecule has 1 aliphatic heterocycles. The molecule has 4 rings (SSSR count). The minimum absolute atomic E-state index is 0.191. The zero-order valence-electron chi connectivity index (χ0n) is 14.8. The quantitative estimate of drug-likeness (QED) is 0.923. The SMILES string of the molecule is Cc1cnc2cc(N3CCOCC3)nc(O[C@H]3CC[C@@H](N)CC3)c2c1. The van der Waals surface area contributed by atoms with E-state index in [-0.39, 0.29) is 6.10 Å². The Balaban J connectivity index is 1.67. The van der Waals surface area contributed by atoms with Crippen molar-refractivity contribution in [2.24, 2.45) is 5.73 Å². The number of hydrogen-bond donors (Lipinski definition) is 1. The topological polar surface area (TPSA) is 73.5 Å². The second-order valence-electron chi connectivity index (χ2n) is 7.12. The van der Waals surface area contributed by atoms with Crippen LogP contribution in [0.2, 0.25) is 0 Å². The molecule has 0 aromatic carbocycles. The van der Waals surface area contributed by atoms with Crippen molar-refractivity contribution >= 4 is 16.7 Å². The Kier molecular flexibility index (Phi) is 4.72. The third-order valence-corrected chi connectivity index (χ3v) is 5.10. The molecule has 1 saturated heterocycles. The number of fused-ring (bicyclic) bond motifs is 1. The Morgan fingerprint density at radius 2 is 1.92 bits per heavy atom. The highest BCUT2D eigenvalue weighted by atomic mass is 16.5. The van der Waals surface area contributed by atoms with Crippen molar-refractivity contribution in [3.63, 3.8) is 0 Å². The Bertz CT molecular complexity index is 738. The van der Waals surface area contributed by atoms with Crippen LogP contribution < -0.4 is 15.4 Å². The zero-order valence-corrected chi connectivity index (χ0v) is 14.8. The van der Waals surface area contributed by atoms with Crippen LogP contribution in [0.1, 0.15) is 31.2 Å². The van der Waals surface area contributed by atoms with Crippen molar-refractivity contribution in [1.29, 1.82) is 0 Å². The van der Waals surface area contributed by atoms with Gasteiger partial charge in [0.25, 0.3) is 0 Å². The van der Waals surface area contributed by atoms with Gasteiger partial charge < -0.3 is 20.1 Å². The van der Waals surface area contributed by atoms with Crippen molar-refractivity contribution in [3.05, 3.63) is 23.9 Å². The lowest BCUT2D eigenvalue weighted by molar-refractivity contribution is 0.122. The van der Waals surface area contributed by atoms with Gasteiger partial charge in [-0.3, -0.25) is 4.98 Å². The third kappa shape index (κ3) is 3.70. The Morgan fingerprint density at radius 1 is 1.16 bits per heavy atom. The minimum atomic E-state index is 0.191. The molecule has 0 radical (unpaired) electrons. The number of morpholine rings is 1. The normalized spacial score (nSPS) is 24.5. The maximum atomic E-state index is 6.34. The van der Waals surface area contributed by atoms with Crippen LogP contribution in [0.3, 0.4) is 0 Å². The lowest BCUT2D eigenvalue weighted by atomic mass is 9.94. The van der Waals surface area contributed by atoms with Crippen LogP contribution in [-0.4, -0.2) is 48.4 Å². The van der Waals surface area contributed by atoms with E-state index >= 15 is 0 Å². The average Bonchev–Trinajstić information content (AvgIpc) is 2.64. The Morgan fingerprint density at radius 3 is 2.68 bits per heavy atom. The fraction of sp³-hybridized carbons (Fsp3) is 0.579. The molecule has 134 valence electrons. The summed E-state index contributed by atoms with van der Waals surface area (Å²) in [4.78, 5) is 11.7. The van der Waals surface area contributed by atoms with E-state index < -0.39 is 0 Å². The van der Waals surface area contributed by atoms with Crippen molar-refractivity contribution in [2.75, 3.05) is 31.2 Å². The summed E-state index contributed by atoms with van der Waals surface area (Å²) in [6, 6.07) is 4.49. The number of pyridine rings is 2. The summed E-state index contributed by atoms with van der Waals surface area (Å²) in [6.07, 6.45) is 6.11.